The second kappa shape index (κ2) is 9.27. The van der Waals surface area contributed by atoms with Crippen LogP contribution in [0.5, 0.6) is 5.75 Å². The molecule has 0 aromatic heterocycles. The van der Waals surface area contributed by atoms with Gasteiger partial charge in [-0.1, -0.05) is 36.4 Å². The molecule has 0 heterocycles. The molecular formula is C20H21NO4. The Balaban J connectivity index is 1.73. The zero-order chi connectivity index (χ0) is 18.1. The van der Waals surface area contributed by atoms with Gasteiger partial charge >= 0.3 is 5.97 Å². The first-order valence-electron chi connectivity index (χ1n) is 7.88. The van der Waals surface area contributed by atoms with E-state index >= 15 is 0 Å². The van der Waals surface area contributed by atoms with Crippen LogP contribution in [-0.4, -0.2) is 25.6 Å². The summed E-state index contributed by atoms with van der Waals surface area (Å²) in [5.74, 6) is -0.152. The number of hydrogen-bond donors (Lipinski definition) is 1. The number of hydrogen-bond acceptors (Lipinski definition) is 4. The molecule has 5 heteroatoms. The highest BCUT2D eigenvalue weighted by Gasteiger charge is 2.05. The van der Waals surface area contributed by atoms with Crippen molar-refractivity contribution in [2.24, 2.45) is 0 Å². The minimum absolute atomic E-state index is 0.312. The van der Waals surface area contributed by atoms with Gasteiger partial charge in [-0.15, -0.1) is 0 Å². The van der Waals surface area contributed by atoms with Gasteiger partial charge < -0.3 is 14.8 Å². The van der Waals surface area contributed by atoms with E-state index < -0.39 is 5.97 Å². The van der Waals surface area contributed by atoms with E-state index in [4.69, 9.17) is 9.47 Å². The molecular weight excluding hydrogens is 318 g/mol. The zero-order valence-electron chi connectivity index (χ0n) is 14.3. The largest absolute Gasteiger partial charge is 0.497 e. The zero-order valence-corrected chi connectivity index (χ0v) is 14.3. The van der Waals surface area contributed by atoms with Crippen LogP contribution < -0.4 is 10.1 Å². The molecule has 2 rings (SSSR count). The lowest BCUT2D eigenvalue weighted by molar-refractivity contribution is -0.143. The first-order chi connectivity index (χ1) is 12.1. The molecule has 0 radical (unpaired) electrons. The molecule has 25 heavy (non-hydrogen) atoms. The fourth-order valence-corrected chi connectivity index (χ4v) is 2.11. The van der Waals surface area contributed by atoms with Crippen molar-refractivity contribution < 1.29 is 19.1 Å². The molecule has 0 saturated heterocycles. The Kier molecular flexibility index (Phi) is 6.77. The van der Waals surface area contributed by atoms with Crippen molar-refractivity contribution >= 4 is 18.0 Å². The van der Waals surface area contributed by atoms with Crippen molar-refractivity contribution in [2.45, 2.75) is 13.5 Å². The second-order valence-corrected chi connectivity index (χ2v) is 5.42. The number of carbonyl (C=O) groups excluding carboxylic acids is 2. The Morgan fingerprint density at radius 3 is 2.48 bits per heavy atom. The maximum Gasteiger partial charge on any atom is 0.331 e. The average Bonchev–Trinajstić information content (AvgIpc) is 2.64. The van der Waals surface area contributed by atoms with Gasteiger partial charge in [0, 0.05) is 12.6 Å². The highest BCUT2D eigenvalue weighted by molar-refractivity contribution is 5.89. The lowest BCUT2D eigenvalue weighted by Crippen LogP contribution is -2.28. The van der Waals surface area contributed by atoms with Crippen LogP contribution in [0.25, 0.3) is 6.08 Å². The summed E-state index contributed by atoms with van der Waals surface area (Å²) < 4.78 is 10.0. The van der Waals surface area contributed by atoms with E-state index in [0.717, 1.165) is 22.4 Å². The SMILES string of the molecule is COc1ccc(CNC(=O)COC(=O)/C=C/c2ccccc2C)cc1. The smallest absolute Gasteiger partial charge is 0.331 e. The van der Waals surface area contributed by atoms with E-state index in [9.17, 15) is 9.59 Å². The maximum absolute atomic E-state index is 11.7. The van der Waals surface area contributed by atoms with Crippen molar-refractivity contribution in [3.63, 3.8) is 0 Å². The fourth-order valence-electron chi connectivity index (χ4n) is 2.11. The van der Waals surface area contributed by atoms with Gasteiger partial charge in [0.25, 0.3) is 5.91 Å². The van der Waals surface area contributed by atoms with Crippen LogP contribution in [0.4, 0.5) is 0 Å². The molecule has 0 aliphatic rings. The van der Waals surface area contributed by atoms with Crippen LogP contribution in [0, 0.1) is 6.92 Å². The number of carbonyl (C=O) groups is 2. The molecule has 5 nitrogen and oxygen atoms in total. The van der Waals surface area contributed by atoms with E-state index in [1.807, 2.05) is 55.5 Å². The molecule has 0 aliphatic carbocycles. The van der Waals surface area contributed by atoms with Crippen LogP contribution in [0.2, 0.25) is 0 Å². The van der Waals surface area contributed by atoms with E-state index in [-0.39, 0.29) is 12.5 Å². The molecule has 2 aromatic carbocycles. The van der Waals surface area contributed by atoms with Gasteiger partial charge in [-0.25, -0.2) is 4.79 Å². The van der Waals surface area contributed by atoms with Gasteiger partial charge in [-0.3, -0.25) is 4.79 Å². The molecule has 0 aliphatic heterocycles. The highest BCUT2D eigenvalue weighted by Crippen LogP contribution is 2.11. The monoisotopic (exact) mass is 339 g/mol. The summed E-state index contributed by atoms with van der Waals surface area (Å²) >= 11 is 0. The Bertz CT molecular complexity index is 751. The van der Waals surface area contributed by atoms with Gasteiger partial charge in [0.2, 0.25) is 0 Å². The van der Waals surface area contributed by atoms with Crippen LogP contribution in [0.3, 0.4) is 0 Å². The van der Waals surface area contributed by atoms with Gasteiger partial charge in [0.15, 0.2) is 6.61 Å². The third kappa shape index (κ3) is 6.14. The predicted octanol–water partition coefficient (Wildman–Crippen LogP) is 2.88. The minimum atomic E-state index is -0.553. The minimum Gasteiger partial charge on any atom is -0.497 e. The number of ether oxygens (including phenoxy) is 2. The molecule has 0 fully saturated rings. The topological polar surface area (TPSA) is 64.6 Å². The molecule has 0 spiro atoms. The number of aryl methyl sites for hydroxylation is 1. The third-order valence-corrected chi connectivity index (χ3v) is 3.58. The molecule has 2 aromatic rings. The quantitative estimate of drug-likeness (QED) is 0.622. The summed E-state index contributed by atoms with van der Waals surface area (Å²) in [4.78, 5) is 23.4. The maximum atomic E-state index is 11.7. The number of nitrogens with one attached hydrogen (secondary N) is 1. The molecule has 0 bridgehead atoms. The Labute approximate surface area is 147 Å². The van der Waals surface area contributed by atoms with Crippen LogP contribution in [0.1, 0.15) is 16.7 Å². The number of benzene rings is 2. The van der Waals surface area contributed by atoms with Crippen molar-refractivity contribution in [2.75, 3.05) is 13.7 Å². The van der Waals surface area contributed by atoms with Crippen LogP contribution in [0.15, 0.2) is 54.6 Å². The number of rotatable bonds is 7. The highest BCUT2D eigenvalue weighted by atomic mass is 16.5. The first kappa shape index (κ1) is 18.3. The van der Waals surface area contributed by atoms with Crippen LogP contribution in [-0.2, 0) is 20.9 Å². The van der Waals surface area contributed by atoms with E-state index in [0.29, 0.717) is 6.54 Å². The lowest BCUT2D eigenvalue weighted by atomic mass is 10.1. The fraction of sp³-hybridized carbons (Fsp3) is 0.200. The summed E-state index contributed by atoms with van der Waals surface area (Å²) in [6, 6.07) is 15.0. The van der Waals surface area contributed by atoms with Gasteiger partial charge in [-0.2, -0.15) is 0 Å². The Hall–Kier alpha value is -3.08. The summed E-state index contributed by atoms with van der Waals surface area (Å²) in [7, 11) is 1.60. The van der Waals surface area contributed by atoms with E-state index in [1.165, 1.54) is 6.08 Å². The molecule has 1 N–H and O–H groups in total. The number of amides is 1. The van der Waals surface area contributed by atoms with Crippen molar-refractivity contribution in [3.05, 3.63) is 71.3 Å². The van der Waals surface area contributed by atoms with Gasteiger partial charge in [-0.05, 0) is 41.8 Å². The molecule has 0 saturated carbocycles. The van der Waals surface area contributed by atoms with Crippen LogP contribution >= 0.6 is 0 Å². The van der Waals surface area contributed by atoms with Crippen molar-refractivity contribution in [1.82, 2.24) is 5.32 Å². The summed E-state index contributed by atoms with van der Waals surface area (Å²) in [6.07, 6.45) is 2.99. The number of esters is 1. The molecule has 0 unspecified atom stereocenters. The Morgan fingerprint density at radius 2 is 1.80 bits per heavy atom. The molecule has 0 atom stereocenters. The molecule has 1 amide bonds. The third-order valence-electron chi connectivity index (χ3n) is 3.58. The standard InChI is InChI=1S/C20H21NO4/c1-15-5-3-4-6-17(15)9-12-20(23)25-14-19(22)21-13-16-7-10-18(24-2)11-8-16/h3-12H,13-14H2,1-2H3,(H,21,22)/b12-9+. The van der Waals surface area contributed by atoms with Crippen molar-refractivity contribution in [1.29, 1.82) is 0 Å². The lowest BCUT2D eigenvalue weighted by Gasteiger charge is -2.06. The number of methoxy groups -OCH3 is 1. The second-order valence-electron chi connectivity index (χ2n) is 5.42. The van der Waals surface area contributed by atoms with Gasteiger partial charge in [0.1, 0.15) is 5.75 Å². The summed E-state index contributed by atoms with van der Waals surface area (Å²) in [5.41, 5.74) is 2.92. The van der Waals surface area contributed by atoms with Crippen molar-refractivity contribution in [3.8, 4) is 5.75 Å². The predicted molar refractivity (Wildman–Crippen MR) is 96.0 cm³/mol. The van der Waals surface area contributed by atoms with E-state index in [2.05, 4.69) is 5.32 Å². The average molecular weight is 339 g/mol. The Morgan fingerprint density at radius 1 is 1.08 bits per heavy atom. The molecule has 130 valence electrons. The summed E-state index contributed by atoms with van der Waals surface area (Å²) in [5, 5.41) is 2.69. The first-order valence-corrected chi connectivity index (χ1v) is 7.88. The van der Waals surface area contributed by atoms with E-state index in [1.54, 1.807) is 13.2 Å². The normalized spacial score (nSPS) is 10.5. The van der Waals surface area contributed by atoms with Gasteiger partial charge in [0.05, 0.1) is 7.11 Å². The summed E-state index contributed by atoms with van der Waals surface area (Å²) in [6.45, 7) is 2.00.